The number of Topliss-reactive ketones (excluding diaryl/α,β-unsaturated/α-hetero) is 1. The highest BCUT2D eigenvalue weighted by Gasteiger charge is 2.21. The fourth-order valence-corrected chi connectivity index (χ4v) is 4.62. The molecular weight excluding hydrogens is 384 g/mol. The standard InChI is InChI=1S/C26H32N4O/c1-18-13-14-27-17-24(18)21-9-12-25-22(15-21)16-28-26(30-25)29-23-10-7-20(8-11-23)6-4-3-5-19(2)31/h9,12-17,20,23H,3-8,10-11H2,1-2H3,(H,28,29,30)/t20-,23-. The van der Waals surface area contributed by atoms with Crippen molar-refractivity contribution in [1.82, 2.24) is 15.0 Å². The molecule has 1 aromatic carbocycles. The van der Waals surface area contributed by atoms with Crippen molar-refractivity contribution in [3.8, 4) is 11.1 Å². The molecule has 1 aliphatic rings. The van der Waals surface area contributed by atoms with Crippen LogP contribution in [0.4, 0.5) is 5.95 Å². The van der Waals surface area contributed by atoms with Crippen LogP contribution in [0, 0.1) is 12.8 Å². The maximum Gasteiger partial charge on any atom is 0.223 e. The molecular formula is C26H32N4O. The first kappa shape index (κ1) is 21.4. The Bertz CT molecular complexity index is 1040. The minimum Gasteiger partial charge on any atom is -0.351 e. The lowest BCUT2D eigenvalue weighted by molar-refractivity contribution is -0.117. The van der Waals surface area contributed by atoms with Crippen LogP contribution in [0.2, 0.25) is 0 Å². The topological polar surface area (TPSA) is 67.8 Å². The Morgan fingerprint density at radius 3 is 2.71 bits per heavy atom. The molecule has 31 heavy (non-hydrogen) atoms. The zero-order valence-electron chi connectivity index (χ0n) is 18.6. The molecule has 5 nitrogen and oxygen atoms in total. The van der Waals surface area contributed by atoms with Gasteiger partial charge in [-0.2, -0.15) is 0 Å². The van der Waals surface area contributed by atoms with Gasteiger partial charge in [-0.1, -0.05) is 18.9 Å². The van der Waals surface area contributed by atoms with E-state index in [1.807, 2.05) is 24.7 Å². The number of ketones is 1. The van der Waals surface area contributed by atoms with Crippen molar-refractivity contribution in [3.63, 3.8) is 0 Å². The van der Waals surface area contributed by atoms with Crippen molar-refractivity contribution in [2.75, 3.05) is 5.32 Å². The number of aryl methyl sites for hydroxylation is 1. The SMILES string of the molecule is CC(=O)CCCC[C@H]1CC[C@H](Nc2ncc3cc(-c4cnccc4C)ccc3n2)CC1. The predicted octanol–water partition coefficient (Wildman–Crippen LogP) is 6.12. The fraction of sp³-hybridized carbons (Fsp3) is 0.462. The van der Waals surface area contributed by atoms with Crippen molar-refractivity contribution >= 4 is 22.6 Å². The first-order valence-corrected chi connectivity index (χ1v) is 11.5. The van der Waals surface area contributed by atoms with Crippen molar-refractivity contribution in [1.29, 1.82) is 0 Å². The molecule has 0 atom stereocenters. The van der Waals surface area contributed by atoms with Gasteiger partial charge in [0.2, 0.25) is 5.95 Å². The van der Waals surface area contributed by atoms with Crippen molar-refractivity contribution in [2.24, 2.45) is 5.92 Å². The lowest BCUT2D eigenvalue weighted by atomic mass is 9.83. The third kappa shape index (κ3) is 5.66. The van der Waals surface area contributed by atoms with Gasteiger partial charge in [-0.15, -0.1) is 0 Å². The zero-order chi connectivity index (χ0) is 21.6. The van der Waals surface area contributed by atoms with Crippen LogP contribution in [0.15, 0.2) is 42.9 Å². The summed E-state index contributed by atoms with van der Waals surface area (Å²) in [5.74, 6) is 1.84. The van der Waals surface area contributed by atoms with Crippen LogP contribution in [-0.2, 0) is 4.79 Å². The molecule has 1 N–H and O–H groups in total. The Morgan fingerprint density at radius 1 is 1.10 bits per heavy atom. The van der Waals surface area contributed by atoms with Crippen molar-refractivity contribution in [2.45, 2.75) is 71.3 Å². The van der Waals surface area contributed by atoms with E-state index in [-0.39, 0.29) is 0 Å². The van der Waals surface area contributed by atoms with Crippen LogP contribution in [-0.4, -0.2) is 26.8 Å². The molecule has 5 heteroatoms. The van der Waals surface area contributed by atoms with E-state index in [1.165, 1.54) is 31.2 Å². The molecule has 1 fully saturated rings. The molecule has 0 aliphatic heterocycles. The van der Waals surface area contributed by atoms with Gasteiger partial charge < -0.3 is 10.1 Å². The minimum atomic E-state index is 0.312. The molecule has 0 spiro atoms. The van der Waals surface area contributed by atoms with Gasteiger partial charge in [-0.25, -0.2) is 9.97 Å². The first-order valence-electron chi connectivity index (χ1n) is 11.5. The number of aromatic nitrogens is 3. The predicted molar refractivity (Wildman–Crippen MR) is 126 cm³/mol. The summed E-state index contributed by atoms with van der Waals surface area (Å²) in [7, 11) is 0. The Morgan fingerprint density at radius 2 is 1.94 bits per heavy atom. The second-order valence-corrected chi connectivity index (χ2v) is 8.97. The van der Waals surface area contributed by atoms with E-state index in [0.29, 0.717) is 11.8 Å². The van der Waals surface area contributed by atoms with E-state index in [0.717, 1.165) is 59.6 Å². The molecule has 1 saturated carbocycles. The van der Waals surface area contributed by atoms with Gasteiger partial charge >= 0.3 is 0 Å². The quantitative estimate of drug-likeness (QED) is 0.448. The smallest absolute Gasteiger partial charge is 0.223 e. The van der Waals surface area contributed by atoms with Crippen LogP contribution >= 0.6 is 0 Å². The molecule has 4 rings (SSSR count). The lowest BCUT2D eigenvalue weighted by Gasteiger charge is -2.29. The Kier molecular flexibility index (Phi) is 6.90. The van der Waals surface area contributed by atoms with Crippen LogP contribution in [0.1, 0.15) is 63.9 Å². The molecule has 0 amide bonds. The van der Waals surface area contributed by atoms with Gasteiger partial charge in [-0.3, -0.25) is 4.98 Å². The van der Waals surface area contributed by atoms with E-state index in [2.05, 4.69) is 40.4 Å². The Labute approximate surface area is 184 Å². The number of nitrogens with zero attached hydrogens (tertiary/aromatic N) is 3. The normalized spacial score (nSPS) is 18.8. The first-order chi connectivity index (χ1) is 15.1. The van der Waals surface area contributed by atoms with E-state index >= 15 is 0 Å². The minimum absolute atomic E-state index is 0.312. The van der Waals surface area contributed by atoms with Crippen LogP contribution in [0.3, 0.4) is 0 Å². The zero-order valence-corrected chi connectivity index (χ0v) is 18.6. The second kappa shape index (κ2) is 9.99. The van der Waals surface area contributed by atoms with Crippen molar-refractivity contribution in [3.05, 3.63) is 48.4 Å². The second-order valence-electron chi connectivity index (χ2n) is 8.97. The molecule has 0 radical (unpaired) electrons. The summed E-state index contributed by atoms with van der Waals surface area (Å²) in [4.78, 5) is 24.7. The molecule has 2 aromatic heterocycles. The number of pyridine rings is 1. The van der Waals surface area contributed by atoms with Gasteiger partial charge in [0, 0.05) is 42.0 Å². The number of carbonyl (C=O) groups excluding carboxylic acids is 1. The number of fused-ring (bicyclic) bond motifs is 1. The molecule has 162 valence electrons. The molecule has 0 unspecified atom stereocenters. The van der Waals surface area contributed by atoms with Crippen LogP contribution in [0.25, 0.3) is 22.0 Å². The van der Waals surface area contributed by atoms with Gasteiger partial charge in [0.15, 0.2) is 0 Å². The summed E-state index contributed by atoms with van der Waals surface area (Å²) in [5, 5.41) is 4.60. The maximum absolute atomic E-state index is 11.1. The summed E-state index contributed by atoms with van der Waals surface area (Å²) < 4.78 is 0. The highest BCUT2D eigenvalue weighted by atomic mass is 16.1. The molecule has 1 aliphatic carbocycles. The average Bonchev–Trinajstić information content (AvgIpc) is 2.78. The number of anilines is 1. The molecule has 0 saturated heterocycles. The third-order valence-corrected chi connectivity index (χ3v) is 6.50. The van der Waals surface area contributed by atoms with E-state index < -0.39 is 0 Å². The van der Waals surface area contributed by atoms with E-state index in [1.54, 1.807) is 6.92 Å². The Balaban J connectivity index is 1.33. The monoisotopic (exact) mass is 416 g/mol. The number of rotatable bonds is 8. The largest absolute Gasteiger partial charge is 0.351 e. The summed E-state index contributed by atoms with van der Waals surface area (Å²) in [6, 6.07) is 8.80. The highest BCUT2D eigenvalue weighted by Crippen LogP contribution is 2.30. The van der Waals surface area contributed by atoms with E-state index in [4.69, 9.17) is 4.98 Å². The van der Waals surface area contributed by atoms with Crippen molar-refractivity contribution < 1.29 is 4.79 Å². The summed E-state index contributed by atoms with van der Waals surface area (Å²) in [5.41, 5.74) is 4.46. The molecule has 0 bridgehead atoms. The van der Waals surface area contributed by atoms with Gasteiger partial charge in [0.1, 0.15) is 5.78 Å². The maximum atomic E-state index is 11.1. The number of benzene rings is 1. The number of hydrogen-bond acceptors (Lipinski definition) is 5. The summed E-state index contributed by atoms with van der Waals surface area (Å²) in [6.45, 7) is 3.79. The fourth-order valence-electron chi connectivity index (χ4n) is 4.62. The average molecular weight is 417 g/mol. The third-order valence-electron chi connectivity index (χ3n) is 6.50. The molecule has 3 aromatic rings. The Hall–Kier alpha value is -2.82. The molecule has 2 heterocycles. The van der Waals surface area contributed by atoms with Gasteiger partial charge in [-0.05, 0) is 81.2 Å². The number of unbranched alkanes of at least 4 members (excludes halogenated alkanes) is 1. The van der Waals surface area contributed by atoms with E-state index in [9.17, 15) is 4.79 Å². The summed E-state index contributed by atoms with van der Waals surface area (Å²) in [6.07, 6.45) is 14.7. The van der Waals surface area contributed by atoms with Crippen LogP contribution in [0.5, 0.6) is 0 Å². The lowest BCUT2D eigenvalue weighted by Crippen LogP contribution is -2.27. The number of carbonyl (C=O) groups is 1. The summed E-state index contributed by atoms with van der Waals surface area (Å²) >= 11 is 0. The number of hydrogen-bond donors (Lipinski definition) is 1. The number of nitrogens with one attached hydrogen (secondary N) is 1. The van der Waals surface area contributed by atoms with Gasteiger partial charge in [0.25, 0.3) is 0 Å². The van der Waals surface area contributed by atoms with Crippen LogP contribution < -0.4 is 5.32 Å². The highest BCUT2D eigenvalue weighted by molar-refractivity contribution is 5.85. The van der Waals surface area contributed by atoms with Gasteiger partial charge in [0.05, 0.1) is 5.52 Å².